The number of carbonyl (C=O) groups is 2. The first kappa shape index (κ1) is 34.5. The standard InChI is InChI=1S/C27H28F3N3O3S.C2HF3O2/c28-27(29,30)24-13-7-8-14-25(24)37(35,36)33-22-15-21(16-31-17-22)26(34)32-18-23(19-9-3-1-4-10-19)20-11-5-2-6-12-20;3-2(4,5)1(6)7/h1-14,21-23,31,33H,15-18H2,(H,32,34);(H,6,7)/t21-,22+;/m0./s1. The number of piperidine rings is 1. The number of amides is 1. The van der Waals surface area contributed by atoms with Crippen molar-refractivity contribution in [3.63, 3.8) is 0 Å². The number of aliphatic carboxylic acids is 1. The minimum Gasteiger partial charge on any atom is -0.475 e. The van der Waals surface area contributed by atoms with E-state index in [1.165, 1.54) is 6.07 Å². The fourth-order valence-electron chi connectivity index (χ4n) is 4.60. The molecule has 1 amide bonds. The summed E-state index contributed by atoms with van der Waals surface area (Å²) in [5, 5.41) is 13.1. The third kappa shape index (κ3) is 9.79. The smallest absolute Gasteiger partial charge is 0.475 e. The van der Waals surface area contributed by atoms with Gasteiger partial charge in [0.05, 0.1) is 16.4 Å². The lowest BCUT2D eigenvalue weighted by Gasteiger charge is -2.30. The third-order valence-corrected chi connectivity index (χ3v) is 8.23. The van der Waals surface area contributed by atoms with Crippen molar-refractivity contribution in [2.75, 3.05) is 19.6 Å². The van der Waals surface area contributed by atoms with Gasteiger partial charge in [-0.3, -0.25) is 4.79 Å². The molecule has 238 valence electrons. The monoisotopic (exact) mass is 645 g/mol. The number of alkyl halides is 6. The van der Waals surface area contributed by atoms with Gasteiger partial charge in [-0.2, -0.15) is 26.3 Å². The molecule has 0 spiro atoms. The molecule has 3 aromatic carbocycles. The van der Waals surface area contributed by atoms with Crippen LogP contribution in [0.5, 0.6) is 0 Å². The molecule has 2 atom stereocenters. The van der Waals surface area contributed by atoms with Gasteiger partial charge in [0, 0.05) is 31.6 Å². The number of carboxylic acid groups (broad SMARTS) is 1. The van der Waals surface area contributed by atoms with Crippen LogP contribution in [0.4, 0.5) is 26.3 Å². The van der Waals surface area contributed by atoms with Gasteiger partial charge in [-0.15, -0.1) is 0 Å². The van der Waals surface area contributed by atoms with Crippen LogP contribution in [-0.4, -0.2) is 57.3 Å². The highest BCUT2D eigenvalue weighted by Gasteiger charge is 2.39. The lowest BCUT2D eigenvalue weighted by molar-refractivity contribution is -0.192. The number of nitrogens with one attached hydrogen (secondary N) is 3. The molecule has 1 aliphatic heterocycles. The summed E-state index contributed by atoms with van der Waals surface area (Å²) >= 11 is 0. The van der Waals surface area contributed by atoms with Crippen LogP contribution in [-0.2, 0) is 25.8 Å². The topological polar surface area (TPSA) is 125 Å². The molecule has 15 heteroatoms. The van der Waals surface area contributed by atoms with E-state index in [4.69, 9.17) is 9.90 Å². The van der Waals surface area contributed by atoms with Gasteiger partial charge < -0.3 is 15.7 Å². The van der Waals surface area contributed by atoms with Crippen molar-refractivity contribution in [1.82, 2.24) is 15.4 Å². The molecule has 0 aliphatic carbocycles. The number of benzene rings is 3. The van der Waals surface area contributed by atoms with Gasteiger partial charge in [-0.05, 0) is 29.7 Å². The Morgan fingerprint density at radius 3 is 1.84 bits per heavy atom. The second kappa shape index (κ2) is 14.7. The normalized spacial score (nSPS) is 17.3. The number of halogens is 6. The molecule has 1 fully saturated rings. The Morgan fingerprint density at radius 1 is 0.841 bits per heavy atom. The minimum atomic E-state index is -5.08. The lowest BCUT2D eigenvalue weighted by Crippen LogP contribution is -2.52. The number of hydrogen-bond acceptors (Lipinski definition) is 5. The summed E-state index contributed by atoms with van der Waals surface area (Å²) in [5.41, 5.74) is 0.864. The molecule has 0 aromatic heterocycles. The molecule has 4 rings (SSSR count). The van der Waals surface area contributed by atoms with E-state index in [0.29, 0.717) is 13.1 Å². The molecule has 8 nitrogen and oxygen atoms in total. The van der Waals surface area contributed by atoms with Gasteiger partial charge in [0.1, 0.15) is 0 Å². The van der Waals surface area contributed by atoms with Crippen molar-refractivity contribution < 1.29 is 49.5 Å². The average molecular weight is 646 g/mol. The fraction of sp³-hybridized carbons (Fsp3) is 0.310. The summed E-state index contributed by atoms with van der Waals surface area (Å²) in [7, 11) is -4.46. The predicted octanol–water partition coefficient (Wildman–Crippen LogP) is 4.54. The van der Waals surface area contributed by atoms with Gasteiger partial charge in [0.15, 0.2) is 0 Å². The molecule has 3 aromatic rings. The Balaban J connectivity index is 0.000000676. The number of carboxylic acids is 1. The largest absolute Gasteiger partial charge is 0.490 e. The Kier molecular flexibility index (Phi) is 11.5. The molecule has 0 radical (unpaired) electrons. The zero-order chi connectivity index (χ0) is 32.5. The van der Waals surface area contributed by atoms with Gasteiger partial charge in [0.2, 0.25) is 15.9 Å². The maximum absolute atomic E-state index is 13.4. The van der Waals surface area contributed by atoms with Crippen LogP contribution in [0.2, 0.25) is 0 Å². The first-order valence-corrected chi connectivity index (χ1v) is 14.6. The van der Waals surface area contributed by atoms with Crippen LogP contribution >= 0.6 is 0 Å². The van der Waals surface area contributed by atoms with Gasteiger partial charge >= 0.3 is 18.3 Å². The van der Waals surface area contributed by atoms with Crippen LogP contribution in [0, 0.1) is 5.92 Å². The lowest BCUT2D eigenvalue weighted by atomic mass is 9.90. The first-order chi connectivity index (χ1) is 20.6. The van der Waals surface area contributed by atoms with E-state index >= 15 is 0 Å². The third-order valence-electron chi connectivity index (χ3n) is 6.65. The van der Waals surface area contributed by atoms with E-state index in [1.54, 1.807) is 0 Å². The Hall–Kier alpha value is -3.95. The summed E-state index contributed by atoms with van der Waals surface area (Å²) in [4.78, 5) is 21.1. The van der Waals surface area contributed by atoms with Gasteiger partial charge in [-0.25, -0.2) is 17.9 Å². The maximum atomic E-state index is 13.4. The van der Waals surface area contributed by atoms with E-state index in [9.17, 15) is 39.6 Å². The SMILES string of the molecule is O=C(NCC(c1ccccc1)c1ccccc1)[C@@H]1CNC[C@H](NS(=O)(=O)c2ccccc2C(F)(F)F)C1.O=C(O)C(F)(F)F. The summed E-state index contributed by atoms with van der Waals surface area (Å²) in [6, 6.07) is 22.9. The zero-order valence-corrected chi connectivity index (χ0v) is 23.7. The zero-order valence-electron chi connectivity index (χ0n) is 22.9. The van der Waals surface area contributed by atoms with E-state index in [-0.39, 0.29) is 24.8 Å². The fourth-order valence-corrected chi connectivity index (χ4v) is 6.07. The molecule has 1 aliphatic rings. The van der Waals surface area contributed by atoms with Crippen molar-refractivity contribution in [1.29, 1.82) is 0 Å². The van der Waals surface area contributed by atoms with Crippen LogP contribution in [0.1, 0.15) is 29.0 Å². The van der Waals surface area contributed by atoms with E-state index < -0.39 is 50.8 Å². The second-order valence-corrected chi connectivity index (χ2v) is 11.5. The van der Waals surface area contributed by atoms with E-state index in [1.807, 2.05) is 60.7 Å². The van der Waals surface area contributed by atoms with Crippen molar-refractivity contribution >= 4 is 21.9 Å². The Bertz CT molecular complexity index is 1460. The molecule has 1 heterocycles. The quantitative estimate of drug-likeness (QED) is 0.267. The van der Waals surface area contributed by atoms with Crippen LogP contribution in [0.3, 0.4) is 0 Å². The number of hydrogen-bond donors (Lipinski definition) is 4. The van der Waals surface area contributed by atoms with Gasteiger partial charge in [0.25, 0.3) is 0 Å². The Labute approximate surface area is 249 Å². The van der Waals surface area contributed by atoms with Crippen molar-refractivity contribution in [3.8, 4) is 0 Å². The van der Waals surface area contributed by atoms with E-state index in [0.717, 1.165) is 29.3 Å². The number of carbonyl (C=O) groups excluding carboxylic acids is 1. The van der Waals surface area contributed by atoms with Crippen molar-refractivity contribution in [2.24, 2.45) is 5.92 Å². The molecular formula is C29H29F6N3O5S. The highest BCUT2D eigenvalue weighted by atomic mass is 32.2. The predicted molar refractivity (Wildman–Crippen MR) is 148 cm³/mol. The second-order valence-electron chi connectivity index (χ2n) is 9.83. The highest BCUT2D eigenvalue weighted by molar-refractivity contribution is 7.89. The molecule has 44 heavy (non-hydrogen) atoms. The van der Waals surface area contributed by atoms with Crippen LogP contribution < -0.4 is 15.4 Å². The van der Waals surface area contributed by atoms with Gasteiger partial charge in [-0.1, -0.05) is 72.8 Å². The van der Waals surface area contributed by atoms with Crippen LogP contribution in [0.25, 0.3) is 0 Å². The molecule has 4 N–H and O–H groups in total. The first-order valence-electron chi connectivity index (χ1n) is 13.2. The Morgan fingerprint density at radius 2 is 1.34 bits per heavy atom. The highest BCUT2D eigenvalue weighted by Crippen LogP contribution is 2.34. The summed E-state index contributed by atoms with van der Waals surface area (Å²) < 4.78 is 99.8. The minimum absolute atomic E-state index is 0.0731. The number of sulfonamides is 1. The summed E-state index contributed by atoms with van der Waals surface area (Å²) in [5.74, 6) is -3.63. The average Bonchev–Trinajstić information content (AvgIpc) is 2.97. The molecule has 1 saturated heterocycles. The molecular weight excluding hydrogens is 616 g/mol. The number of rotatable bonds is 8. The summed E-state index contributed by atoms with van der Waals surface area (Å²) in [6.07, 6.45) is -9.74. The van der Waals surface area contributed by atoms with Crippen molar-refractivity contribution in [3.05, 3.63) is 102 Å². The van der Waals surface area contributed by atoms with E-state index in [2.05, 4.69) is 15.4 Å². The van der Waals surface area contributed by atoms with Crippen molar-refractivity contribution in [2.45, 2.75) is 35.6 Å². The molecule has 0 bridgehead atoms. The molecule has 0 saturated carbocycles. The maximum Gasteiger partial charge on any atom is 0.490 e. The molecule has 0 unspecified atom stereocenters. The summed E-state index contributed by atoms with van der Waals surface area (Å²) in [6.45, 7) is 0.886. The van der Waals surface area contributed by atoms with Crippen LogP contribution in [0.15, 0.2) is 89.8 Å².